The Labute approximate surface area is 211 Å². The van der Waals surface area contributed by atoms with Crippen molar-refractivity contribution in [1.82, 2.24) is 15.2 Å². The van der Waals surface area contributed by atoms with Gasteiger partial charge in [0, 0.05) is 24.8 Å². The van der Waals surface area contributed by atoms with E-state index in [1.807, 2.05) is 37.3 Å². The molecule has 1 aromatic heterocycles. The van der Waals surface area contributed by atoms with Crippen LogP contribution in [0.25, 0.3) is 0 Å². The highest BCUT2D eigenvalue weighted by molar-refractivity contribution is 6.30. The number of halogens is 3. The Morgan fingerprint density at radius 3 is 2.67 bits per heavy atom. The maximum atomic E-state index is 14.3. The lowest BCUT2D eigenvalue weighted by Gasteiger charge is -2.30. The van der Waals surface area contributed by atoms with Crippen molar-refractivity contribution in [2.75, 3.05) is 6.54 Å². The number of hydrogen-bond donors (Lipinski definition) is 2. The van der Waals surface area contributed by atoms with Crippen LogP contribution >= 0.6 is 11.6 Å². The molecule has 4 rings (SSSR count). The van der Waals surface area contributed by atoms with E-state index < -0.39 is 33.9 Å². The van der Waals surface area contributed by atoms with Crippen molar-refractivity contribution in [3.05, 3.63) is 97.9 Å². The third-order valence-electron chi connectivity index (χ3n) is 5.95. The summed E-state index contributed by atoms with van der Waals surface area (Å²) >= 11 is 5.61. The molecule has 0 bridgehead atoms. The minimum atomic E-state index is -0.995. The Kier molecular flexibility index (Phi) is 7.69. The summed E-state index contributed by atoms with van der Waals surface area (Å²) in [6.07, 6.45) is 2.84. The smallest absolute Gasteiger partial charge is 0.272 e. The second-order valence-corrected chi connectivity index (χ2v) is 8.78. The van der Waals surface area contributed by atoms with Gasteiger partial charge in [0.05, 0.1) is 6.04 Å². The summed E-state index contributed by atoms with van der Waals surface area (Å²) in [6.45, 7) is 2.01. The molecule has 3 aromatic rings. The molecule has 0 spiro atoms. The first-order chi connectivity index (χ1) is 17.3. The first kappa shape index (κ1) is 25.4. The number of ether oxygens (including phenoxy) is 1. The van der Waals surface area contributed by atoms with Gasteiger partial charge in [0.25, 0.3) is 11.8 Å². The van der Waals surface area contributed by atoms with Crippen LogP contribution in [-0.4, -0.2) is 22.9 Å². The van der Waals surface area contributed by atoms with E-state index in [1.54, 1.807) is 4.57 Å². The van der Waals surface area contributed by atoms with E-state index in [0.717, 1.165) is 24.1 Å². The number of aromatic nitrogens is 1. The van der Waals surface area contributed by atoms with Gasteiger partial charge in [-0.15, -0.1) is 0 Å². The van der Waals surface area contributed by atoms with Crippen LogP contribution in [0.5, 0.6) is 5.75 Å². The van der Waals surface area contributed by atoms with Gasteiger partial charge in [-0.2, -0.15) is 0 Å². The monoisotopic (exact) mass is 515 g/mol. The molecular weight excluding hydrogens is 492 g/mol. The van der Waals surface area contributed by atoms with Gasteiger partial charge < -0.3 is 19.9 Å². The normalized spacial score (nSPS) is 14.7. The van der Waals surface area contributed by atoms with E-state index in [4.69, 9.17) is 16.3 Å². The Balaban J connectivity index is 1.71. The molecule has 10 heteroatoms. The second-order valence-electron chi connectivity index (χ2n) is 8.40. The molecule has 36 heavy (non-hydrogen) atoms. The van der Waals surface area contributed by atoms with Crippen LogP contribution in [0.3, 0.4) is 0 Å². The predicted octanol–water partition coefficient (Wildman–Crippen LogP) is 4.37. The lowest BCUT2D eigenvalue weighted by molar-refractivity contribution is 0.0894. The summed E-state index contributed by atoms with van der Waals surface area (Å²) < 4.78 is 35.2. The number of nitrogens with zero attached hydrogens (tertiary/aromatic N) is 1. The first-order valence-corrected chi connectivity index (χ1v) is 11.8. The Bertz CT molecular complexity index is 1360. The molecule has 2 amide bonds. The molecular formula is C26H24ClF2N3O4. The number of fused-ring (bicyclic) bond motifs is 1. The standard InChI is InChI=1S/C26H24ClF2N3O4/c1-2-6-17-12-31-26(35)22-24(36-14-15-7-4-3-5-8-15)23(33)18(13-32(17)22)25(34)30-11-16-9-10-19(28)20(27)21(16)29/h3-5,7-10,13,17H,2,6,11-12,14H2,1H3,(H,30,34)(H,31,35)/t17-/m0/s1. The largest absolute Gasteiger partial charge is 0.483 e. The zero-order valence-electron chi connectivity index (χ0n) is 19.4. The van der Waals surface area contributed by atoms with Crippen LogP contribution in [-0.2, 0) is 13.2 Å². The summed E-state index contributed by atoms with van der Waals surface area (Å²) in [5.41, 5.74) is -0.244. The van der Waals surface area contributed by atoms with Gasteiger partial charge in [0.15, 0.2) is 11.4 Å². The van der Waals surface area contributed by atoms with Gasteiger partial charge >= 0.3 is 0 Å². The Hall–Kier alpha value is -3.72. The average molecular weight is 516 g/mol. The van der Waals surface area contributed by atoms with Gasteiger partial charge in [0.1, 0.15) is 28.8 Å². The van der Waals surface area contributed by atoms with Crippen molar-refractivity contribution >= 4 is 23.4 Å². The topological polar surface area (TPSA) is 89.4 Å². The van der Waals surface area contributed by atoms with Crippen molar-refractivity contribution in [1.29, 1.82) is 0 Å². The van der Waals surface area contributed by atoms with Crippen LogP contribution in [0.1, 0.15) is 57.8 Å². The molecule has 1 aliphatic heterocycles. The molecule has 2 N–H and O–H groups in total. The van der Waals surface area contributed by atoms with E-state index in [0.29, 0.717) is 13.0 Å². The molecule has 0 aliphatic carbocycles. The highest BCUT2D eigenvalue weighted by Crippen LogP contribution is 2.27. The average Bonchev–Trinajstić information content (AvgIpc) is 2.88. The molecule has 0 saturated heterocycles. The zero-order chi connectivity index (χ0) is 25.8. The summed E-state index contributed by atoms with van der Waals surface area (Å²) in [6, 6.07) is 11.0. The van der Waals surface area contributed by atoms with Crippen LogP contribution in [0.15, 0.2) is 53.5 Å². The third kappa shape index (κ3) is 5.11. The van der Waals surface area contributed by atoms with Gasteiger partial charge in [-0.1, -0.05) is 61.3 Å². The molecule has 7 nitrogen and oxygen atoms in total. The minimum Gasteiger partial charge on any atom is -0.483 e. The van der Waals surface area contributed by atoms with Crippen LogP contribution in [0.4, 0.5) is 8.78 Å². The lowest BCUT2D eigenvalue weighted by atomic mass is 10.1. The Morgan fingerprint density at radius 1 is 1.19 bits per heavy atom. The molecule has 1 aliphatic rings. The summed E-state index contributed by atoms with van der Waals surface area (Å²) in [7, 11) is 0. The number of benzene rings is 2. The minimum absolute atomic E-state index is 0.0131. The lowest BCUT2D eigenvalue weighted by Crippen LogP contribution is -2.42. The maximum absolute atomic E-state index is 14.3. The summed E-state index contributed by atoms with van der Waals surface area (Å²) in [4.78, 5) is 39.2. The van der Waals surface area contributed by atoms with Gasteiger partial charge in [-0.3, -0.25) is 14.4 Å². The van der Waals surface area contributed by atoms with Gasteiger partial charge in [0.2, 0.25) is 5.43 Å². The van der Waals surface area contributed by atoms with Gasteiger partial charge in [-0.05, 0) is 18.1 Å². The SMILES string of the molecule is CCC[C@H]1CNC(=O)c2c(OCc3ccccc3)c(=O)c(C(=O)NCc3ccc(F)c(Cl)c3F)cn21. The number of amides is 2. The van der Waals surface area contributed by atoms with Crippen LogP contribution in [0.2, 0.25) is 5.02 Å². The molecule has 2 aromatic carbocycles. The molecule has 188 valence electrons. The van der Waals surface area contributed by atoms with Crippen molar-refractivity contribution in [2.24, 2.45) is 0 Å². The van der Waals surface area contributed by atoms with Crippen molar-refractivity contribution in [3.63, 3.8) is 0 Å². The van der Waals surface area contributed by atoms with Crippen LogP contribution < -0.4 is 20.8 Å². The summed E-state index contributed by atoms with van der Waals surface area (Å²) in [5.74, 6) is -3.41. The highest BCUT2D eigenvalue weighted by Gasteiger charge is 2.32. The number of nitrogens with one attached hydrogen (secondary N) is 2. The molecule has 0 radical (unpaired) electrons. The molecule has 0 fully saturated rings. The Morgan fingerprint density at radius 2 is 1.94 bits per heavy atom. The van der Waals surface area contributed by atoms with E-state index >= 15 is 0 Å². The molecule has 2 heterocycles. The molecule has 0 saturated carbocycles. The van der Waals surface area contributed by atoms with Crippen molar-refractivity contribution < 1.29 is 23.1 Å². The number of rotatable bonds is 8. The van der Waals surface area contributed by atoms with Crippen LogP contribution in [0, 0.1) is 11.6 Å². The zero-order valence-corrected chi connectivity index (χ0v) is 20.2. The second kappa shape index (κ2) is 10.9. The first-order valence-electron chi connectivity index (χ1n) is 11.5. The third-order valence-corrected chi connectivity index (χ3v) is 6.29. The number of carbonyl (C=O) groups excluding carboxylic acids is 2. The number of carbonyl (C=O) groups is 2. The fourth-order valence-electron chi connectivity index (χ4n) is 4.08. The predicted molar refractivity (Wildman–Crippen MR) is 130 cm³/mol. The van der Waals surface area contributed by atoms with Crippen molar-refractivity contribution in [2.45, 2.75) is 39.0 Å². The fraction of sp³-hybridized carbons (Fsp3) is 0.269. The van der Waals surface area contributed by atoms with Gasteiger partial charge in [-0.25, -0.2) is 8.78 Å². The number of hydrogen-bond acceptors (Lipinski definition) is 4. The van der Waals surface area contributed by atoms with Crippen molar-refractivity contribution in [3.8, 4) is 5.75 Å². The van der Waals surface area contributed by atoms with E-state index in [9.17, 15) is 23.2 Å². The maximum Gasteiger partial charge on any atom is 0.272 e. The van der Waals surface area contributed by atoms with E-state index in [2.05, 4.69) is 10.6 Å². The quantitative estimate of drug-likeness (QED) is 0.436. The number of pyridine rings is 1. The molecule has 1 atom stereocenters. The highest BCUT2D eigenvalue weighted by atomic mass is 35.5. The fourth-order valence-corrected chi connectivity index (χ4v) is 4.27. The molecule has 0 unspecified atom stereocenters. The van der Waals surface area contributed by atoms with E-state index in [1.165, 1.54) is 6.20 Å². The van der Waals surface area contributed by atoms with E-state index in [-0.39, 0.29) is 41.8 Å². The summed E-state index contributed by atoms with van der Waals surface area (Å²) in [5, 5.41) is 4.59.